The van der Waals surface area contributed by atoms with Gasteiger partial charge in [-0.15, -0.1) is 0 Å². The first-order chi connectivity index (χ1) is 12.5. The lowest BCUT2D eigenvalue weighted by Crippen LogP contribution is -2.39. The van der Waals surface area contributed by atoms with Crippen LogP contribution < -0.4 is 20.1 Å². The van der Waals surface area contributed by atoms with E-state index in [9.17, 15) is 9.59 Å². The molecule has 2 aromatic carbocycles. The Balaban J connectivity index is 1.75. The number of methoxy groups -OCH3 is 2. The first-order valence-corrected chi connectivity index (χ1v) is 8.13. The minimum absolute atomic E-state index is 0.196. The highest BCUT2D eigenvalue weighted by atomic mass is 16.6. The highest BCUT2D eigenvalue weighted by molar-refractivity contribution is 5.98. The maximum Gasteiger partial charge on any atom is 0.344 e. The second-order valence-corrected chi connectivity index (χ2v) is 5.80. The molecule has 0 bridgehead atoms. The molecule has 0 saturated heterocycles. The molecule has 2 atom stereocenters. The van der Waals surface area contributed by atoms with Crippen LogP contribution in [0.4, 0.5) is 4.79 Å². The van der Waals surface area contributed by atoms with Gasteiger partial charge >= 0.3 is 12.0 Å². The van der Waals surface area contributed by atoms with Gasteiger partial charge in [0.1, 0.15) is 5.56 Å². The summed E-state index contributed by atoms with van der Waals surface area (Å²) in [5.74, 6) is 0.139. The predicted octanol–water partition coefficient (Wildman–Crippen LogP) is 2.93. The molecular weight excluding hydrogens is 336 g/mol. The largest absolute Gasteiger partial charge is 0.493 e. The van der Waals surface area contributed by atoms with Crippen LogP contribution >= 0.6 is 0 Å². The van der Waals surface area contributed by atoms with E-state index < -0.39 is 18.2 Å². The molecular formula is C19H20N2O5. The number of amides is 2. The Bertz CT molecular complexity index is 822. The molecule has 0 spiro atoms. The number of carbonyl (C=O) groups excluding carboxylic acids is 2. The molecule has 3 rings (SSSR count). The van der Waals surface area contributed by atoms with E-state index in [1.165, 1.54) is 14.2 Å². The van der Waals surface area contributed by atoms with Crippen molar-refractivity contribution in [2.75, 3.05) is 14.2 Å². The number of esters is 1. The van der Waals surface area contributed by atoms with Crippen LogP contribution in [-0.2, 0) is 4.74 Å². The number of fused-ring (bicyclic) bond motifs is 1. The Kier molecular flexibility index (Phi) is 4.97. The number of carbonyl (C=O) groups is 2. The predicted molar refractivity (Wildman–Crippen MR) is 94.2 cm³/mol. The Morgan fingerprint density at radius 1 is 1.12 bits per heavy atom. The van der Waals surface area contributed by atoms with Crippen molar-refractivity contribution >= 4 is 12.0 Å². The van der Waals surface area contributed by atoms with E-state index >= 15 is 0 Å². The average Bonchev–Trinajstić information content (AvgIpc) is 2.97. The molecule has 0 saturated carbocycles. The van der Waals surface area contributed by atoms with E-state index in [0.29, 0.717) is 11.3 Å². The summed E-state index contributed by atoms with van der Waals surface area (Å²) in [6.07, 6.45) is -0.889. The Hall–Kier alpha value is -3.22. The molecule has 26 heavy (non-hydrogen) atoms. The third kappa shape index (κ3) is 3.28. The summed E-state index contributed by atoms with van der Waals surface area (Å²) in [5.41, 5.74) is 1.75. The number of ether oxygens (including phenoxy) is 3. The van der Waals surface area contributed by atoms with Crippen molar-refractivity contribution in [2.24, 2.45) is 0 Å². The zero-order chi connectivity index (χ0) is 18.7. The number of nitrogens with one attached hydrogen (secondary N) is 2. The fourth-order valence-corrected chi connectivity index (χ4v) is 2.89. The zero-order valence-corrected chi connectivity index (χ0v) is 14.7. The molecule has 0 fully saturated rings. The number of cyclic esters (lactones) is 1. The molecule has 136 valence electrons. The lowest BCUT2D eigenvalue weighted by molar-refractivity contribution is 0.0335. The number of benzene rings is 2. The maximum absolute atomic E-state index is 12.3. The van der Waals surface area contributed by atoms with E-state index in [1.54, 1.807) is 12.1 Å². The summed E-state index contributed by atoms with van der Waals surface area (Å²) in [6.45, 7) is 1.87. The number of hydrogen-bond acceptors (Lipinski definition) is 5. The van der Waals surface area contributed by atoms with Crippen molar-refractivity contribution in [3.05, 3.63) is 59.2 Å². The summed E-state index contributed by atoms with van der Waals surface area (Å²) < 4.78 is 15.8. The van der Waals surface area contributed by atoms with E-state index in [-0.39, 0.29) is 17.4 Å². The Labute approximate surface area is 151 Å². The standard InChI is InChI=1S/C19H20N2O5/c1-11(12-7-5-4-6-8-12)20-19(23)21-17-13-9-10-14(24-2)16(25-3)15(13)18(22)26-17/h4-11,17H,1-3H3,(H2,20,21,23)/t11-,17-/m0/s1. The molecule has 2 amide bonds. The summed E-state index contributed by atoms with van der Waals surface area (Å²) >= 11 is 0. The molecule has 0 aromatic heterocycles. The van der Waals surface area contributed by atoms with Crippen molar-refractivity contribution < 1.29 is 23.8 Å². The minimum Gasteiger partial charge on any atom is -0.493 e. The average molecular weight is 356 g/mol. The number of urea groups is 1. The third-order valence-corrected chi connectivity index (χ3v) is 4.20. The van der Waals surface area contributed by atoms with E-state index in [1.807, 2.05) is 37.3 Å². The van der Waals surface area contributed by atoms with Crippen LogP contribution in [0.2, 0.25) is 0 Å². The van der Waals surface area contributed by atoms with Crippen molar-refractivity contribution in [1.82, 2.24) is 10.6 Å². The molecule has 2 N–H and O–H groups in total. The topological polar surface area (TPSA) is 85.9 Å². The summed E-state index contributed by atoms with van der Waals surface area (Å²) in [7, 11) is 2.93. The third-order valence-electron chi connectivity index (χ3n) is 4.20. The van der Waals surface area contributed by atoms with Gasteiger partial charge in [0.2, 0.25) is 6.23 Å². The fraction of sp³-hybridized carbons (Fsp3) is 0.263. The summed E-state index contributed by atoms with van der Waals surface area (Å²) in [4.78, 5) is 24.5. The van der Waals surface area contributed by atoms with E-state index in [4.69, 9.17) is 14.2 Å². The second-order valence-electron chi connectivity index (χ2n) is 5.80. The van der Waals surface area contributed by atoms with Crippen LogP contribution in [0.3, 0.4) is 0 Å². The van der Waals surface area contributed by atoms with Crippen LogP contribution in [-0.4, -0.2) is 26.2 Å². The lowest BCUT2D eigenvalue weighted by atomic mass is 10.1. The molecule has 0 aliphatic carbocycles. The number of hydrogen-bond donors (Lipinski definition) is 2. The van der Waals surface area contributed by atoms with Crippen LogP contribution in [0.25, 0.3) is 0 Å². The lowest BCUT2D eigenvalue weighted by Gasteiger charge is -2.18. The highest BCUT2D eigenvalue weighted by Crippen LogP contribution is 2.40. The van der Waals surface area contributed by atoms with E-state index in [0.717, 1.165) is 5.56 Å². The van der Waals surface area contributed by atoms with Gasteiger partial charge in [-0.05, 0) is 24.6 Å². The Morgan fingerprint density at radius 2 is 1.85 bits per heavy atom. The molecule has 1 heterocycles. The van der Waals surface area contributed by atoms with Crippen molar-refractivity contribution in [3.8, 4) is 11.5 Å². The van der Waals surface area contributed by atoms with Gasteiger partial charge in [-0.1, -0.05) is 30.3 Å². The monoisotopic (exact) mass is 356 g/mol. The van der Waals surface area contributed by atoms with Crippen LogP contribution in [0.15, 0.2) is 42.5 Å². The molecule has 0 unspecified atom stereocenters. The first-order valence-electron chi connectivity index (χ1n) is 8.13. The van der Waals surface area contributed by atoms with Gasteiger partial charge in [-0.25, -0.2) is 9.59 Å². The zero-order valence-electron chi connectivity index (χ0n) is 14.7. The highest BCUT2D eigenvalue weighted by Gasteiger charge is 2.36. The fourth-order valence-electron chi connectivity index (χ4n) is 2.89. The van der Waals surface area contributed by atoms with Gasteiger partial charge in [0.15, 0.2) is 11.5 Å². The van der Waals surface area contributed by atoms with Gasteiger partial charge in [0, 0.05) is 5.56 Å². The van der Waals surface area contributed by atoms with Gasteiger partial charge in [-0.2, -0.15) is 0 Å². The van der Waals surface area contributed by atoms with Crippen molar-refractivity contribution in [1.29, 1.82) is 0 Å². The van der Waals surface area contributed by atoms with Crippen molar-refractivity contribution in [2.45, 2.75) is 19.2 Å². The maximum atomic E-state index is 12.3. The molecule has 2 aromatic rings. The SMILES string of the molecule is COc1ccc2c(c1OC)C(=O)O[C@@H]2NC(=O)N[C@@H](C)c1ccccc1. The molecule has 1 aliphatic rings. The van der Waals surface area contributed by atoms with Crippen LogP contribution in [0, 0.1) is 0 Å². The normalized spacial score (nSPS) is 16.3. The second kappa shape index (κ2) is 7.35. The molecule has 7 heteroatoms. The molecule has 7 nitrogen and oxygen atoms in total. The van der Waals surface area contributed by atoms with Crippen LogP contribution in [0.1, 0.15) is 40.7 Å². The Morgan fingerprint density at radius 3 is 2.50 bits per heavy atom. The summed E-state index contributed by atoms with van der Waals surface area (Å²) in [6, 6.07) is 12.3. The quantitative estimate of drug-likeness (QED) is 0.805. The van der Waals surface area contributed by atoms with Crippen molar-refractivity contribution in [3.63, 3.8) is 0 Å². The minimum atomic E-state index is -0.889. The van der Waals surface area contributed by atoms with Gasteiger partial charge < -0.3 is 19.5 Å². The van der Waals surface area contributed by atoms with Crippen LogP contribution in [0.5, 0.6) is 11.5 Å². The molecule has 0 radical (unpaired) electrons. The van der Waals surface area contributed by atoms with Gasteiger partial charge in [-0.3, -0.25) is 5.32 Å². The smallest absolute Gasteiger partial charge is 0.344 e. The number of rotatable bonds is 5. The first kappa shape index (κ1) is 17.6. The molecule has 1 aliphatic heterocycles. The van der Waals surface area contributed by atoms with Gasteiger partial charge in [0.05, 0.1) is 20.3 Å². The van der Waals surface area contributed by atoms with Gasteiger partial charge in [0.25, 0.3) is 0 Å². The summed E-state index contributed by atoms with van der Waals surface area (Å²) in [5, 5.41) is 5.49. The van der Waals surface area contributed by atoms with E-state index in [2.05, 4.69) is 10.6 Å².